The van der Waals surface area contributed by atoms with Crippen LogP contribution in [0.1, 0.15) is 76.5 Å². The molecule has 0 radical (unpaired) electrons. The maximum absolute atomic E-state index is 13.5. The van der Waals surface area contributed by atoms with Crippen molar-refractivity contribution in [1.82, 2.24) is 14.9 Å². The quantitative estimate of drug-likeness (QED) is 0.318. The SMILES string of the molecule is C=C/C=C\c1c(C(=O)c2nc(C(=O)OC)cs2)cn(C(=O)C(NC(=O)OC(C)(C)C)C(C)C)c1C. The van der Waals surface area contributed by atoms with E-state index in [-0.39, 0.29) is 22.2 Å². The lowest BCUT2D eigenvalue weighted by molar-refractivity contribution is 0.0463. The molecule has 2 aromatic heterocycles. The number of hydrogen-bond donors (Lipinski definition) is 1. The summed E-state index contributed by atoms with van der Waals surface area (Å²) in [7, 11) is 1.23. The van der Waals surface area contributed by atoms with Gasteiger partial charge in [0.2, 0.25) is 5.78 Å². The summed E-state index contributed by atoms with van der Waals surface area (Å²) < 4.78 is 11.3. The van der Waals surface area contributed by atoms with Crippen molar-refractivity contribution < 1.29 is 28.7 Å². The monoisotopic (exact) mass is 501 g/mol. The maximum atomic E-state index is 13.5. The summed E-state index contributed by atoms with van der Waals surface area (Å²) in [6.07, 6.45) is 5.57. The molecule has 0 saturated carbocycles. The van der Waals surface area contributed by atoms with Gasteiger partial charge < -0.3 is 14.8 Å². The fourth-order valence-corrected chi connectivity index (χ4v) is 3.93. The molecule has 2 heterocycles. The topological polar surface area (TPSA) is 117 Å². The van der Waals surface area contributed by atoms with Crippen LogP contribution in [0.3, 0.4) is 0 Å². The van der Waals surface area contributed by atoms with Gasteiger partial charge in [-0.05, 0) is 33.6 Å². The Balaban J connectivity index is 2.50. The number of carbonyl (C=O) groups excluding carboxylic acids is 4. The Morgan fingerprint density at radius 2 is 1.89 bits per heavy atom. The number of ether oxygens (including phenoxy) is 2. The summed E-state index contributed by atoms with van der Waals surface area (Å²) in [4.78, 5) is 55.0. The first-order chi connectivity index (χ1) is 16.3. The Morgan fingerprint density at radius 1 is 1.23 bits per heavy atom. The van der Waals surface area contributed by atoms with E-state index in [9.17, 15) is 19.2 Å². The molecule has 1 N–H and O–H groups in total. The Kier molecular flexibility index (Phi) is 8.92. The summed E-state index contributed by atoms with van der Waals surface area (Å²) in [6, 6.07) is -0.902. The van der Waals surface area contributed by atoms with Crippen molar-refractivity contribution in [3.63, 3.8) is 0 Å². The largest absolute Gasteiger partial charge is 0.464 e. The van der Waals surface area contributed by atoms with Crippen molar-refractivity contribution >= 4 is 41.2 Å². The highest BCUT2D eigenvalue weighted by atomic mass is 32.1. The van der Waals surface area contributed by atoms with E-state index in [1.54, 1.807) is 59.8 Å². The third kappa shape index (κ3) is 6.75. The van der Waals surface area contributed by atoms with Gasteiger partial charge in [-0.1, -0.05) is 38.7 Å². The van der Waals surface area contributed by atoms with Gasteiger partial charge in [0, 0.05) is 22.8 Å². The van der Waals surface area contributed by atoms with E-state index in [2.05, 4.69) is 21.6 Å². The third-order valence-electron chi connectivity index (χ3n) is 4.88. The van der Waals surface area contributed by atoms with Gasteiger partial charge in [-0.25, -0.2) is 14.6 Å². The van der Waals surface area contributed by atoms with Crippen LogP contribution in [0.5, 0.6) is 0 Å². The lowest BCUT2D eigenvalue weighted by Crippen LogP contribution is -2.48. The van der Waals surface area contributed by atoms with Gasteiger partial charge in [-0.3, -0.25) is 14.2 Å². The average molecular weight is 502 g/mol. The number of thiazole rings is 1. The summed E-state index contributed by atoms with van der Waals surface area (Å²) in [5, 5.41) is 4.16. The van der Waals surface area contributed by atoms with Crippen molar-refractivity contribution in [2.24, 2.45) is 5.92 Å². The number of carbonyl (C=O) groups is 4. The zero-order chi connectivity index (χ0) is 26.5. The van der Waals surface area contributed by atoms with E-state index in [0.717, 1.165) is 11.3 Å². The van der Waals surface area contributed by atoms with Crippen molar-refractivity contribution in [2.75, 3.05) is 7.11 Å². The molecule has 0 aliphatic heterocycles. The first kappa shape index (κ1) is 27.7. The number of ketones is 1. The smallest absolute Gasteiger partial charge is 0.408 e. The molecule has 0 aliphatic carbocycles. The normalized spacial score (nSPS) is 12.5. The molecule has 0 spiro atoms. The number of nitrogens with one attached hydrogen (secondary N) is 1. The predicted octanol–water partition coefficient (Wildman–Crippen LogP) is 4.66. The molecule has 0 aromatic carbocycles. The number of aromatic nitrogens is 2. The van der Waals surface area contributed by atoms with Gasteiger partial charge in [-0.15, -0.1) is 11.3 Å². The zero-order valence-corrected chi connectivity index (χ0v) is 21.8. The first-order valence-electron chi connectivity index (χ1n) is 10.9. The number of methoxy groups -OCH3 is 1. The van der Waals surface area contributed by atoms with E-state index in [1.807, 2.05) is 0 Å². The minimum atomic E-state index is -0.902. The molecule has 1 unspecified atom stereocenters. The van der Waals surface area contributed by atoms with Crippen LogP contribution in [-0.4, -0.2) is 52.1 Å². The number of nitrogens with zero attached hydrogens (tertiary/aromatic N) is 2. The molecule has 0 aliphatic rings. The number of allylic oxidation sites excluding steroid dienone is 2. The standard InChI is InChI=1S/C25H31N3O6S/c1-9-10-11-16-15(4)28(22(30)19(14(2)3)27-24(32)34-25(5,6)7)12-17(16)20(29)21-26-18(13-35-21)23(31)33-8/h9-14,19H,1H2,2-8H3,(H,27,32)/b11-10-. The Bertz CT molecular complexity index is 1170. The van der Waals surface area contributed by atoms with Gasteiger partial charge in [0.25, 0.3) is 5.91 Å². The van der Waals surface area contributed by atoms with E-state index >= 15 is 0 Å². The molecule has 0 bridgehead atoms. The lowest BCUT2D eigenvalue weighted by Gasteiger charge is -2.25. The number of alkyl carbamates (subject to hydrolysis) is 1. The van der Waals surface area contributed by atoms with Crippen LogP contribution in [0.2, 0.25) is 0 Å². The van der Waals surface area contributed by atoms with Crippen molar-refractivity contribution in [3.8, 4) is 0 Å². The molecular formula is C25H31N3O6S. The summed E-state index contributed by atoms with van der Waals surface area (Å²) in [5.74, 6) is -1.79. The maximum Gasteiger partial charge on any atom is 0.408 e. The van der Waals surface area contributed by atoms with Crippen molar-refractivity contribution in [3.05, 3.63) is 57.8 Å². The summed E-state index contributed by atoms with van der Waals surface area (Å²) in [6.45, 7) is 14.1. The molecule has 188 valence electrons. The van der Waals surface area contributed by atoms with Crippen LogP contribution in [0.15, 0.2) is 30.3 Å². The molecule has 1 atom stereocenters. The molecular weight excluding hydrogens is 470 g/mol. The van der Waals surface area contributed by atoms with Gasteiger partial charge in [-0.2, -0.15) is 0 Å². The molecule has 2 rings (SSSR count). The minimum Gasteiger partial charge on any atom is -0.464 e. The van der Waals surface area contributed by atoms with Crippen LogP contribution >= 0.6 is 11.3 Å². The van der Waals surface area contributed by atoms with Crippen LogP contribution in [-0.2, 0) is 9.47 Å². The Labute approximate surface area is 208 Å². The Morgan fingerprint density at radius 3 is 2.43 bits per heavy atom. The Hall–Kier alpha value is -3.53. The molecule has 0 saturated heterocycles. The van der Waals surface area contributed by atoms with Crippen LogP contribution in [0.25, 0.3) is 6.08 Å². The van der Waals surface area contributed by atoms with E-state index < -0.39 is 35.4 Å². The molecule has 10 heteroatoms. The van der Waals surface area contributed by atoms with Crippen LogP contribution < -0.4 is 5.32 Å². The van der Waals surface area contributed by atoms with Gasteiger partial charge >= 0.3 is 12.1 Å². The number of rotatable bonds is 8. The van der Waals surface area contributed by atoms with E-state index in [1.165, 1.54) is 23.3 Å². The highest BCUT2D eigenvalue weighted by Crippen LogP contribution is 2.25. The lowest BCUT2D eigenvalue weighted by atomic mass is 10.0. The van der Waals surface area contributed by atoms with Crippen molar-refractivity contribution in [2.45, 2.75) is 53.2 Å². The van der Waals surface area contributed by atoms with E-state index in [0.29, 0.717) is 11.3 Å². The minimum absolute atomic E-state index is 0.0256. The van der Waals surface area contributed by atoms with Crippen LogP contribution in [0, 0.1) is 12.8 Å². The first-order valence-corrected chi connectivity index (χ1v) is 11.8. The van der Waals surface area contributed by atoms with Crippen LogP contribution in [0.4, 0.5) is 4.79 Å². The van der Waals surface area contributed by atoms with Gasteiger partial charge in [0.15, 0.2) is 10.7 Å². The molecule has 1 amide bonds. The number of esters is 1. The third-order valence-corrected chi connectivity index (χ3v) is 5.72. The molecule has 2 aromatic rings. The fraction of sp³-hybridized carbons (Fsp3) is 0.400. The number of hydrogen-bond acceptors (Lipinski definition) is 8. The van der Waals surface area contributed by atoms with Crippen molar-refractivity contribution in [1.29, 1.82) is 0 Å². The highest BCUT2D eigenvalue weighted by molar-refractivity contribution is 7.12. The highest BCUT2D eigenvalue weighted by Gasteiger charge is 2.31. The zero-order valence-electron chi connectivity index (χ0n) is 21.0. The second kappa shape index (κ2) is 11.3. The predicted molar refractivity (Wildman–Crippen MR) is 134 cm³/mol. The second-order valence-corrected chi connectivity index (χ2v) is 9.93. The second-order valence-electron chi connectivity index (χ2n) is 9.07. The van der Waals surface area contributed by atoms with Gasteiger partial charge in [0.05, 0.1) is 12.7 Å². The van der Waals surface area contributed by atoms with E-state index in [4.69, 9.17) is 4.74 Å². The fourth-order valence-electron chi connectivity index (χ4n) is 3.19. The number of amides is 1. The molecule has 35 heavy (non-hydrogen) atoms. The summed E-state index contributed by atoms with van der Waals surface area (Å²) in [5.41, 5.74) is 0.518. The molecule has 9 nitrogen and oxygen atoms in total. The van der Waals surface area contributed by atoms with Gasteiger partial charge in [0.1, 0.15) is 11.6 Å². The molecule has 0 fully saturated rings. The summed E-state index contributed by atoms with van der Waals surface area (Å²) >= 11 is 1.00. The average Bonchev–Trinajstić information content (AvgIpc) is 3.38.